The lowest BCUT2D eigenvalue weighted by atomic mass is 10.1. The number of aromatic nitrogens is 1. The van der Waals surface area contributed by atoms with Gasteiger partial charge in [0.15, 0.2) is 0 Å². The van der Waals surface area contributed by atoms with Gasteiger partial charge < -0.3 is 10.2 Å². The highest BCUT2D eigenvalue weighted by Crippen LogP contribution is 2.37. The fourth-order valence-corrected chi connectivity index (χ4v) is 4.56. The van der Waals surface area contributed by atoms with Crippen LogP contribution in [0, 0.1) is 12.7 Å². The molecule has 3 heterocycles. The van der Waals surface area contributed by atoms with Crippen molar-refractivity contribution in [2.24, 2.45) is 0 Å². The molecule has 0 saturated carbocycles. The van der Waals surface area contributed by atoms with E-state index >= 15 is 0 Å². The van der Waals surface area contributed by atoms with Gasteiger partial charge in [-0.15, -0.1) is 22.7 Å². The van der Waals surface area contributed by atoms with Crippen LogP contribution in [-0.4, -0.2) is 17.9 Å². The normalized spacial score (nSPS) is 16.9. The van der Waals surface area contributed by atoms with Crippen LogP contribution < -0.4 is 10.2 Å². The van der Waals surface area contributed by atoms with Crippen molar-refractivity contribution in [1.82, 2.24) is 10.3 Å². The van der Waals surface area contributed by atoms with Crippen LogP contribution in [0.2, 0.25) is 0 Å². The molecule has 0 radical (unpaired) electrons. The minimum absolute atomic E-state index is 0.257. The standard InChI is InChI=1S/C17H14FN3OS2/c1-9-19-12(8-23-9)14-5-6-15(24-14)16-20-17(22)11-7-10(18)3-4-13(11)21(16)2/h3-8,16H,1-2H3,(H,20,22). The van der Waals surface area contributed by atoms with Gasteiger partial charge in [-0.1, -0.05) is 0 Å². The molecule has 4 rings (SSSR count). The molecule has 0 fully saturated rings. The molecule has 0 bridgehead atoms. The second-order valence-electron chi connectivity index (χ2n) is 5.60. The molecule has 1 aliphatic rings. The number of nitrogens with one attached hydrogen (secondary N) is 1. The number of hydrogen-bond donors (Lipinski definition) is 1. The number of thiophene rings is 1. The Kier molecular flexibility index (Phi) is 3.62. The minimum Gasteiger partial charge on any atom is -0.349 e. The molecule has 1 N–H and O–H groups in total. The van der Waals surface area contributed by atoms with E-state index < -0.39 is 5.82 Å². The van der Waals surface area contributed by atoms with Gasteiger partial charge in [-0.05, 0) is 37.3 Å². The molecule has 1 amide bonds. The van der Waals surface area contributed by atoms with Gasteiger partial charge in [-0.25, -0.2) is 9.37 Å². The molecular formula is C17H14FN3OS2. The number of amides is 1. The summed E-state index contributed by atoms with van der Waals surface area (Å²) in [5, 5.41) is 6.01. The van der Waals surface area contributed by atoms with Gasteiger partial charge in [-0.2, -0.15) is 0 Å². The van der Waals surface area contributed by atoms with Crippen molar-refractivity contribution >= 4 is 34.3 Å². The molecule has 4 nitrogen and oxygen atoms in total. The van der Waals surface area contributed by atoms with E-state index in [1.165, 1.54) is 12.1 Å². The quantitative estimate of drug-likeness (QED) is 0.746. The molecule has 1 aromatic carbocycles. The van der Waals surface area contributed by atoms with E-state index in [4.69, 9.17) is 0 Å². The largest absolute Gasteiger partial charge is 0.349 e. The van der Waals surface area contributed by atoms with E-state index in [0.29, 0.717) is 5.56 Å². The number of anilines is 1. The second-order valence-corrected chi connectivity index (χ2v) is 7.78. The van der Waals surface area contributed by atoms with Crippen molar-refractivity contribution < 1.29 is 9.18 Å². The molecule has 0 saturated heterocycles. The van der Waals surface area contributed by atoms with Gasteiger partial charge in [-0.3, -0.25) is 4.79 Å². The smallest absolute Gasteiger partial charge is 0.255 e. The monoisotopic (exact) mass is 359 g/mol. The summed E-state index contributed by atoms with van der Waals surface area (Å²) < 4.78 is 13.4. The summed E-state index contributed by atoms with van der Waals surface area (Å²) in [7, 11) is 1.90. The van der Waals surface area contributed by atoms with Crippen LogP contribution in [0.25, 0.3) is 10.6 Å². The van der Waals surface area contributed by atoms with Crippen molar-refractivity contribution in [2.75, 3.05) is 11.9 Å². The molecule has 1 aliphatic heterocycles. The second kappa shape index (κ2) is 5.68. The zero-order valence-corrected chi connectivity index (χ0v) is 14.7. The summed E-state index contributed by atoms with van der Waals surface area (Å²) in [5.41, 5.74) is 2.05. The van der Waals surface area contributed by atoms with Gasteiger partial charge >= 0.3 is 0 Å². The first kappa shape index (κ1) is 15.3. The lowest BCUT2D eigenvalue weighted by Gasteiger charge is -2.35. The average molecular weight is 359 g/mol. The van der Waals surface area contributed by atoms with E-state index in [9.17, 15) is 9.18 Å². The number of carbonyl (C=O) groups is 1. The maximum Gasteiger partial charge on any atom is 0.255 e. The van der Waals surface area contributed by atoms with Crippen molar-refractivity contribution in [2.45, 2.75) is 13.1 Å². The highest BCUT2D eigenvalue weighted by molar-refractivity contribution is 7.16. The Labute approximate surface area is 146 Å². The minimum atomic E-state index is -0.409. The van der Waals surface area contributed by atoms with Crippen molar-refractivity contribution in [3.05, 3.63) is 57.0 Å². The lowest BCUT2D eigenvalue weighted by Crippen LogP contribution is -2.44. The molecule has 1 atom stereocenters. The number of carbonyl (C=O) groups excluding carboxylic acids is 1. The Bertz CT molecular complexity index is 934. The highest BCUT2D eigenvalue weighted by atomic mass is 32.1. The van der Waals surface area contributed by atoms with Crippen LogP contribution in [0.3, 0.4) is 0 Å². The summed E-state index contributed by atoms with van der Waals surface area (Å²) >= 11 is 3.22. The van der Waals surface area contributed by atoms with Crippen LogP contribution in [0.15, 0.2) is 35.7 Å². The first-order chi connectivity index (χ1) is 11.5. The number of fused-ring (bicyclic) bond motifs is 1. The molecule has 0 aliphatic carbocycles. The predicted octanol–water partition coefficient (Wildman–Crippen LogP) is 4.20. The Morgan fingerprint density at radius 2 is 2.12 bits per heavy atom. The molecule has 2 aromatic heterocycles. The summed E-state index contributed by atoms with van der Waals surface area (Å²) in [6.07, 6.45) is -0.269. The summed E-state index contributed by atoms with van der Waals surface area (Å²) in [6, 6.07) is 8.33. The molecule has 122 valence electrons. The number of benzene rings is 1. The number of nitrogens with zero attached hydrogens (tertiary/aromatic N) is 2. The number of hydrogen-bond acceptors (Lipinski definition) is 5. The number of thiazole rings is 1. The van der Waals surface area contributed by atoms with Crippen LogP contribution in [-0.2, 0) is 0 Å². The van der Waals surface area contributed by atoms with Gasteiger partial charge in [0.25, 0.3) is 5.91 Å². The van der Waals surface area contributed by atoms with E-state index in [0.717, 1.165) is 26.1 Å². The molecular weight excluding hydrogens is 345 g/mol. The zero-order valence-electron chi connectivity index (χ0n) is 13.0. The zero-order chi connectivity index (χ0) is 16.8. The lowest BCUT2D eigenvalue weighted by molar-refractivity contribution is 0.0928. The van der Waals surface area contributed by atoms with E-state index in [-0.39, 0.29) is 12.1 Å². The summed E-state index contributed by atoms with van der Waals surface area (Å²) in [5.74, 6) is -0.667. The van der Waals surface area contributed by atoms with Gasteiger partial charge in [0, 0.05) is 17.3 Å². The third kappa shape index (κ3) is 2.50. The van der Waals surface area contributed by atoms with E-state index in [1.54, 1.807) is 28.7 Å². The molecule has 24 heavy (non-hydrogen) atoms. The molecule has 7 heteroatoms. The molecule has 3 aromatic rings. The molecule has 1 unspecified atom stereocenters. The number of aryl methyl sites for hydroxylation is 1. The maximum absolute atomic E-state index is 13.4. The fraction of sp³-hybridized carbons (Fsp3) is 0.176. The highest BCUT2D eigenvalue weighted by Gasteiger charge is 2.30. The summed E-state index contributed by atoms with van der Waals surface area (Å²) in [6.45, 7) is 1.98. The van der Waals surface area contributed by atoms with Crippen LogP contribution in [0.5, 0.6) is 0 Å². The maximum atomic E-state index is 13.4. The first-order valence-corrected chi connectivity index (χ1v) is 9.08. The Morgan fingerprint density at radius 1 is 1.29 bits per heavy atom. The van der Waals surface area contributed by atoms with Crippen molar-refractivity contribution in [1.29, 1.82) is 0 Å². The van der Waals surface area contributed by atoms with Crippen LogP contribution >= 0.6 is 22.7 Å². The van der Waals surface area contributed by atoms with Crippen molar-refractivity contribution in [3.63, 3.8) is 0 Å². The molecule has 0 spiro atoms. The topological polar surface area (TPSA) is 45.2 Å². The van der Waals surface area contributed by atoms with Gasteiger partial charge in [0.05, 0.1) is 26.8 Å². The Morgan fingerprint density at radius 3 is 2.88 bits per heavy atom. The Hall–Kier alpha value is -2.25. The van der Waals surface area contributed by atoms with Crippen LogP contribution in [0.1, 0.15) is 26.4 Å². The third-order valence-corrected chi connectivity index (χ3v) is 5.94. The van der Waals surface area contributed by atoms with Crippen LogP contribution in [0.4, 0.5) is 10.1 Å². The van der Waals surface area contributed by atoms with Crippen molar-refractivity contribution in [3.8, 4) is 10.6 Å². The fourth-order valence-electron chi connectivity index (χ4n) is 2.81. The number of rotatable bonds is 2. The van der Waals surface area contributed by atoms with E-state index in [1.807, 2.05) is 36.4 Å². The first-order valence-electron chi connectivity index (χ1n) is 7.38. The average Bonchev–Trinajstić information content (AvgIpc) is 3.19. The summed E-state index contributed by atoms with van der Waals surface area (Å²) in [4.78, 5) is 20.9. The number of halogens is 1. The predicted molar refractivity (Wildman–Crippen MR) is 95.2 cm³/mol. The van der Waals surface area contributed by atoms with Gasteiger partial charge in [0.2, 0.25) is 0 Å². The SMILES string of the molecule is Cc1nc(-c2ccc(C3NC(=O)c4cc(F)ccc4N3C)s2)cs1. The van der Waals surface area contributed by atoms with E-state index in [2.05, 4.69) is 10.3 Å². The Balaban J connectivity index is 1.69. The third-order valence-electron chi connectivity index (χ3n) is 4.01. The van der Waals surface area contributed by atoms with Gasteiger partial charge in [0.1, 0.15) is 12.0 Å².